The standard InChI is InChI=1S/C13H14ClN3O2/c1-19-10-4-2-3-9-13(10)16-11(6-14)17(9)8-5-12(18)15-7-8/h2-4,8H,5-7H2,1H3,(H,15,18). The van der Waals surface area contributed by atoms with Crippen LogP contribution in [0.3, 0.4) is 0 Å². The molecule has 0 spiro atoms. The maximum atomic E-state index is 11.4. The largest absolute Gasteiger partial charge is 0.494 e. The van der Waals surface area contributed by atoms with Crippen molar-refractivity contribution < 1.29 is 9.53 Å². The van der Waals surface area contributed by atoms with Crippen LogP contribution in [0.5, 0.6) is 5.75 Å². The summed E-state index contributed by atoms with van der Waals surface area (Å²) in [5, 5.41) is 2.84. The van der Waals surface area contributed by atoms with E-state index in [4.69, 9.17) is 16.3 Å². The number of amides is 1. The molecule has 1 unspecified atom stereocenters. The van der Waals surface area contributed by atoms with Crippen LogP contribution < -0.4 is 10.1 Å². The van der Waals surface area contributed by atoms with Crippen molar-refractivity contribution in [1.82, 2.24) is 14.9 Å². The molecule has 1 N–H and O–H groups in total. The SMILES string of the molecule is COc1cccc2c1nc(CCl)n2C1CNC(=O)C1. The zero-order valence-corrected chi connectivity index (χ0v) is 11.3. The number of carbonyl (C=O) groups is 1. The van der Waals surface area contributed by atoms with Gasteiger partial charge in [0.15, 0.2) is 0 Å². The Hall–Kier alpha value is -1.75. The fourth-order valence-electron chi connectivity index (χ4n) is 2.58. The van der Waals surface area contributed by atoms with Gasteiger partial charge < -0.3 is 14.6 Å². The number of hydrogen-bond donors (Lipinski definition) is 1. The summed E-state index contributed by atoms with van der Waals surface area (Å²) < 4.78 is 7.37. The summed E-state index contributed by atoms with van der Waals surface area (Å²) in [6, 6.07) is 5.83. The second kappa shape index (κ2) is 4.74. The minimum Gasteiger partial charge on any atom is -0.494 e. The molecule has 0 radical (unpaired) electrons. The predicted molar refractivity (Wildman–Crippen MR) is 72.5 cm³/mol. The van der Waals surface area contributed by atoms with E-state index in [1.807, 2.05) is 22.8 Å². The van der Waals surface area contributed by atoms with E-state index in [-0.39, 0.29) is 11.9 Å². The first-order valence-electron chi connectivity index (χ1n) is 6.11. The number of benzene rings is 1. The van der Waals surface area contributed by atoms with Crippen molar-refractivity contribution in [3.63, 3.8) is 0 Å². The third-order valence-electron chi connectivity index (χ3n) is 3.42. The van der Waals surface area contributed by atoms with E-state index in [1.54, 1.807) is 7.11 Å². The molecule has 1 amide bonds. The molecular formula is C13H14ClN3O2. The van der Waals surface area contributed by atoms with Gasteiger partial charge in [0.05, 0.1) is 24.5 Å². The summed E-state index contributed by atoms with van der Waals surface area (Å²) in [4.78, 5) is 15.9. The van der Waals surface area contributed by atoms with E-state index in [1.165, 1.54) is 0 Å². The Labute approximate surface area is 115 Å². The van der Waals surface area contributed by atoms with Crippen LogP contribution in [0, 0.1) is 0 Å². The highest BCUT2D eigenvalue weighted by atomic mass is 35.5. The van der Waals surface area contributed by atoms with Gasteiger partial charge in [0, 0.05) is 13.0 Å². The van der Waals surface area contributed by atoms with Crippen molar-refractivity contribution in [2.45, 2.75) is 18.3 Å². The van der Waals surface area contributed by atoms with E-state index in [9.17, 15) is 4.79 Å². The van der Waals surface area contributed by atoms with Crippen molar-refractivity contribution in [3.8, 4) is 5.75 Å². The Kier molecular flexibility index (Phi) is 3.06. The molecule has 1 aromatic heterocycles. The zero-order valence-electron chi connectivity index (χ0n) is 10.5. The number of methoxy groups -OCH3 is 1. The number of hydrogen-bond acceptors (Lipinski definition) is 3. The molecule has 1 aromatic carbocycles. The molecule has 1 saturated heterocycles. The molecule has 3 rings (SSSR count). The average Bonchev–Trinajstić information content (AvgIpc) is 3.00. The lowest BCUT2D eigenvalue weighted by atomic mass is 10.2. The van der Waals surface area contributed by atoms with Crippen LogP contribution in [0.2, 0.25) is 0 Å². The highest BCUT2D eigenvalue weighted by Gasteiger charge is 2.27. The van der Waals surface area contributed by atoms with Crippen LogP contribution in [-0.4, -0.2) is 29.1 Å². The van der Waals surface area contributed by atoms with Gasteiger partial charge in [-0.2, -0.15) is 0 Å². The van der Waals surface area contributed by atoms with Gasteiger partial charge in [-0.1, -0.05) is 6.07 Å². The fourth-order valence-corrected chi connectivity index (χ4v) is 2.77. The van der Waals surface area contributed by atoms with E-state index in [2.05, 4.69) is 10.3 Å². The van der Waals surface area contributed by atoms with E-state index in [0.717, 1.165) is 22.6 Å². The third kappa shape index (κ3) is 1.94. The first-order valence-corrected chi connectivity index (χ1v) is 6.64. The summed E-state index contributed by atoms with van der Waals surface area (Å²) >= 11 is 5.98. The molecule has 0 aliphatic carbocycles. The second-order valence-electron chi connectivity index (χ2n) is 4.52. The van der Waals surface area contributed by atoms with Crippen molar-refractivity contribution in [2.75, 3.05) is 13.7 Å². The number of para-hydroxylation sites is 1. The van der Waals surface area contributed by atoms with Crippen molar-refractivity contribution in [2.24, 2.45) is 0 Å². The van der Waals surface area contributed by atoms with Gasteiger partial charge >= 0.3 is 0 Å². The van der Waals surface area contributed by atoms with Gasteiger partial charge in [0.25, 0.3) is 0 Å². The summed E-state index contributed by atoms with van der Waals surface area (Å²) in [5.74, 6) is 1.86. The second-order valence-corrected chi connectivity index (χ2v) is 4.79. The first-order chi connectivity index (χ1) is 9.24. The van der Waals surface area contributed by atoms with Gasteiger partial charge in [-0.15, -0.1) is 11.6 Å². The fraction of sp³-hybridized carbons (Fsp3) is 0.385. The van der Waals surface area contributed by atoms with Crippen molar-refractivity contribution in [1.29, 1.82) is 0 Å². The van der Waals surface area contributed by atoms with E-state index < -0.39 is 0 Å². The molecular weight excluding hydrogens is 266 g/mol. The lowest BCUT2D eigenvalue weighted by Gasteiger charge is -2.13. The maximum absolute atomic E-state index is 11.4. The number of aromatic nitrogens is 2. The number of fused-ring (bicyclic) bond motifs is 1. The van der Waals surface area contributed by atoms with E-state index >= 15 is 0 Å². The molecule has 0 bridgehead atoms. The van der Waals surface area contributed by atoms with Crippen LogP contribution in [0.4, 0.5) is 0 Å². The zero-order chi connectivity index (χ0) is 13.4. The van der Waals surface area contributed by atoms with Gasteiger partial charge in [-0.25, -0.2) is 4.98 Å². The molecule has 6 heteroatoms. The monoisotopic (exact) mass is 279 g/mol. The summed E-state index contributed by atoms with van der Waals surface area (Å²) in [7, 11) is 1.62. The highest BCUT2D eigenvalue weighted by Crippen LogP contribution is 2.31. The van der Waals surface area contributed by atoms with Crippen LogP contribution in [0.1, 0.15) is 18.3 Å². The Morgan fingerprint density at radius 3 is 3.05 bits per heavy atom. The number of imidazole rings is 1. The van der Waals surface area contributed by atoms with Gasteiger partial charge in [-0.3, -0.25) is 4.79 Å². The Bertz CT molecular complexity index is 638. The molecule has 1 atom stereocenters. The van der Waals surface area contributed by atoms with Gasteiger partial charge in [0.2, 0.25) is 5.91 Å². The van der Waals surface area contributed by atoms with E-state index in [0.29, 0.717) is 18.8 Å². The number of carbonyl (C=O) groups excluding carboxylic acids is 1. The summed E-state index contributed by atoms with van der Waals surface area (Å²) in [6.45, 7) is 0.616. The van der Waals surface area contributed by atoms with Crippen molar-refractivity contribution in [3.05, 3.63) is 24.0 Å². The van der Waals surface area contributed by atoms with Crippen LogP contribution in [0.25, 0.3) is 11.0 Å². The molecule has 1 aliphatic heterocycles. The van der Waals surface area contributed by atoms with Crippen LogP contribution in [0.15, 0.2) is 18.2 Å². The van der Waals surface area contributed by atoms with Crippen LogP contribution in [-0.2, 0) is 10.7 Å². The average molecular weight is 280 g/mol. The Balaban J connectivity index is 2.19. The normalized spacial score (nSPS) is 18.8. The lowest BCUT2D eigenvalue weighted by molar-refractivity contribution is -0.119. The molecule has 2 heterocycles. The quantitative estimate of drug-likeness (QED) is 0.873. The smallest absolute Gasteiger partial charge is 0.222 e. The van der Waals surface area contributed by atoms with Gasteiger partial charge in [0.1, 0.15) is 17.1 Å². The third-order valence-corrected chi connectivity index (χ3v) is 3.66. The number of nitrogens with one attached hydrogen (secondary N) is 1. The molecule has 0 saturated carbocycles. The number of rotatable bonds is 3. The number of alkyl halides is 1. The predicted octanol–water partition coefficient (Wildman–Crippen LogP) is 1.84. The number of ether oxygens (including phenoxy) is 1. The van der Waals surface area contributed by atoms with Crippen molar-refractivity contribution >= 4 is 28.5 Å². The minimum absolute atomic E-state index is 0.0651. The number of nitrogens with zero attached hydrogens (tertiary/aromatic N) is 2. The number of halogens is 1. The minimum atomic E-state index is 0.0651. The van der Waals surface area contributed by atoms with Crippen LogP contribution >= 0.6 is 11.6 Å². The molecule has 1 fully saturated rings. The molecule has 100 valence electrons. The lowest BCUT2D eigenvalue weighted by Crippen LogP contribution is -2.16. The maximum Gasteiger partial charge on any atom is 0.222 e. The Morgan fingerprint density at radius 1 is 1.58 bits per heavy atom. The summed E-state index contributed by atoms with van der Waals surface area (Å²) in [6.07, 6.45) is 0.465. The topological polar surface area (TPSA) is 56.1 Å². The molecule has 1 aliphatic rings. The molecule has 19 heavy (non-hydrogen) atoms. The molecule has 2 aromatic rings. The first kappa shape index (κ1) is 12.3. The highest BCUT2D eigenvalue weighted by molar-refractivity contribution is 6.17. The summed E-state index contributed by atoms with van der Waals surface area (Å²) in [5.41, 5.74) is 1.75. The Morgan fingerprint density at radius 2 is 2.42 bits per heavy atom. The van der Waals surface area contributed by atoms with Gasteiger partial charge in [-0.05, 0) is 12.1 Å². The molecule has 5 nitrogen and oxygen atoms in total.